The van der Waals surface area contributed by atoms with Crippen LogP contribution < -0.4 is 5.73 Å². The fourth-order valence-electron chi connectivity index (χ4n) is 0.992. The van der Waals surface area contributed by atoms with Gasteiger partial charge in [-0.05, 0) is 34.1 Å². The van der Waals surface area contributed by atoms with E-state index >= 15 is 0 Å². The SMILES string of the molecule is CC(=O)CCC(C)(N)C(C)(C)C(=O)O. The first-order chi connectivity index (χ1) is 6.11. The molecule has 0 aliphatic rings. The van der Waals surface area contributed by atoms with Crippen molar-refractivity contribution in [3.8, 4) is 0 Å². The highest BCUT2D eigenvalue weighted by atomic mass is 16.4. The second kappa shape index (κ2) is 4.09. The standard InChI is InChI=1S/C10H19NO3/c1-7(12)5-6-10(4,11)9(2,3)8(13)14/h5-6,11H2,1-4H3,(H,13,14). The van der Waals surface area contributed by atoms with Crippen molar-refractivity contribution in [3.05, 3.63) is 0 Å². The van der Waals surface area contributed by atoms with Gasteiger partial charge in [0.1, 0.15) is 5.78 Å². The highest BCUT2D eigenvalue weighted by molar-refractivity contribution is 5.77. The number of carbonyl (C=O) groups is 2. The summed E-state index contributed by atoms with van der Waals surface area (Å²) in [5, 5.41) is 8.98. The topological polar surface area (TPSA) is 80.4 Å². The highest BCUT2D eigenvalue weighted by Gasteiger charge is 2.43. The van der Waals surface area contributed by atoms with Crippen LogP contribution in [0.3, 0.4) is 0 Å². The van der Waals surface area contributed by atoms with Crippen LogP contribution in [-0.4, -0.2) is 22.4 Å². The lowest BCUT2D eigenvalue weighted by molar-refractivity contribution is -0.151. The molecular weight excluding hydrogens is 182 g/mol. The molecule has 4 nitrogen and oxygen atoms in total. The molecule has 0 radical (unpaired) electrons. The van der Waals surface area contributed by atoms with Gasteiger partial charge in [0.2, 0.25) is 0 Å². The van der Waals surface area contributed by atoms with Gasteiger partial charge in [-0.1, -0.05) is 0 Å². The number of aliphatic carboxylic acids is 1. The molecule has 3 N–H and O–H groups in total. The average Bonchev–Trinajstić information content (AvgIpc) is 2.00. The fraction of sp³-hybridized carbons (Fsp3) is 0.800. The number of hydrogen-bond donors (Lipinski definition) is 2. The summed E-state index contributed by atoms with van der Waals surface area (Å²) in [4.78, 5) is 21.7. The smallest absolute Gasteiger partial charge is 0.310 e. The molecule has 1 unspecified atom stereocenters. The van der Waals surface area contributed by atoms with Gasteiger partial charge in [-0.25, -0.2) is 0 Å². The third kappa shape index (κ3) is 2.80. The Morgan fingerprint density at radius 3 is 2.00 bits per heavy atom. The summed E-state index contributed by atoms with van der Waals surface area (Å²) in [7, 11) is 0. The molecular formula is C10H19NO3. The van der Waals surface area contributed by atoms with Crippen molar-refractivity contribution in [1.82, 2.24) is 0 Å². The molecule has 0 bridgehead atoms. The van der Waals surface area contributed by atoms with Crippen molar-refractivity contribution in [3.63, 3.8) is 0 Å². The van der Waals surface area contributed by atoms with E-state index in [1.807, 2.05) is 0 Å². The normalized spacial score (nSPS) is 16.1. The van der Waals surface area contributed by atoms with E-state index in [1.165, 1.54) is 6.92 Å². The van der Waals surface area contributed by atoms with Gasteiger partial charge in [0.15, 0.2) is 0 Å². The zero-order valence-corrected chi connectivity index (χ0v) is 9.26. The van der Waals surface area contributed by atoms with Crippen LogP contribution in [0.4, 0.5) is 0 Å². The minimum Gasteiger partial charge on any atom is -0.481 e. The summed E-state index contributed by atoms with van der Waals surface area (Å²) < 4.78 is 0. The predicted octanol–water partition coefficient (Wildman–Crippen LogP) is 1.18. The maximum Gasteiger partial charge on any atom is 0.310 e. The average molecular weight is 201 g/mol. The predicted molar refractivity (Wildman–Crippen MR) is 53.9 cm³/mol. The Labute approximate surface area is 84.5 Å². The van der Waals surface area contributed by atoms with Gasteiger partial charge >= 0.3 is 5.97 Å². The van der Waals surface area contributed by atoms with E-state index in [2.05, 4.69) is 0 Å². The maximum atomic E-state index is 10.9. The number of carboxylic acids is 1. The Bertz CT molecular complexity index is 244. The third-order valence-electron chi connectivity index (χ3n) is 2.96. The van der Waals surface area contributed by atoms with Crippen LogP contribution >= 0.6 is 0 Å². The van der Waals surface area contributed by atoms with E-state index in [1.54, 1.807) is 20.8 Å². The van der Waals surface area contributed by atoms with Gasteiger partial charge in [0.25, 0.3) is 0 Å². The molecule has 0 amide bonds. The van der Waals surface area contributed by atoms with Crippen molar-refractivity contribution in [1.29, 1.82) is 0 Å². The monoisotopic (exact) mass is 201 g/mol. The molecule has 0 aliphatic heterocycles. The van der Waals surface area contributed by atoms with Crippen LogP contribution in [-0.2, 0) is 9.59 Å². The quantitative estimate of drug-likeness (QED) is 0.700. The molecule has 0 aromatic rings. The minimum atomic E-state index is -1.03. The molecule has 1 atom stereocenters. The van der Waals surface area contributed by atoms with Crippen LogP contribution in [0.2, 0.25) is 0 Å². The molecule has 0 fully saturated rings. The summed E-state index contributed by atoms with van der Waals surface area (Å²) in [6.07, 6.45) is 0.714. The first-order valence-corrected chi connectivity index (χ1v) is 4.63. The second-order valence-corrected chi connectivity index (χ2v) is 4.55. The number of carbonyl (C=O) groups excluding carboxylic acids is 1. The number of hydrogen-bond acceptors (Lipinski definition) is 3. The van der Waals surface area contributed by atoms with Gasteiger partial charge in [-0.15, -0.1) is 0 Å². The van der Waals surface area contributed by atoms with Crippen LogP contribution in [0.1, 0.15) is 40.5 Å². The fourth-order valence-corrected chi connectivity index (χ4v) is 0.992. The lowest BCUT2D eigenvalue weighted by atomic mass is 9.71. The Kier molecular flexibility index (Phi) is 3.82. The summed E-state index contributed by atoms with van der Waals surface area (Å²) in [6, 6.07) is 0. The largest absolute Gasteiger partial charge is 0.481 e. The lowest BCUT2D eigenvalue weighted by Crippen LogP contribution is -2.54. The molecule has 14 heavy (non-hydrogen) atoms. The second-order valence-electron chi connectivity index (χ2n) is 4.55. The first-order valence-electron chi connectivity index (χ1n) is 4.63. The molecule has 0 aliphatic carbocycles. The molecule has 0 aromatic heterocycles. The number of Topliss-reactive ketones (excluding diaryl/α,β-unsaturated/α-hetero) is 1. The van der Waals surface area contributed by atoms with Crippen molar-refractivity contribution < 1.29 is 14.7 Å². The third-order valence-corrected chi connectivity index (χ3v) is 2.96. The molecule has 0 rings (SSSR count). The van der Waals surface area contributed by atoms with Gasteiger partial charge in [0, 0.05) is 12.0 Å². The molecule has 0 saturated carbocycles. The summed E-state index contributed by atoms with van der Waals surface area (Å²) in [5.41, 5.74) is 4.01. The number of nitrogens with two attached hydrogens (primary N) is 1. The van der Waals surface area contributed by atoms with E-state index in [-0.39, 0.29) is 5.78 Å². The van der Waals surface area contributed by atoms with Crippen molar-refractivity contribution in [2.75, 3.05) is 0 Å². The van der Waals surface area contributed by atoms with Crippen LogP contribution in [0.15, 0.2) is 0 Å². The van der Waals surface area contributed by atoms with E-state index in [9.17, 15) is 9.59 Å². The maximum absolute atomic E-state index is 10.9. The van der Waals surface area contributed by atoms with Crippen LogP contribution in [0.5, 0.6) is 0 Å². The van der Waals surface area contributed by atoms with Crippen molar-refractivity contribution in [2.24, 2.45) is 11.1 Å². The molecule has 0 spiro atoms. The van der Waals surface area contributed by atoms with E-state index in [4.69, 9.17) is 10.8 Å². The summed E-state index contributed by atoms with van der Waals surface area (Å²) in [6.45, 7) is 6.30. The number of ketones is 1. The highest BCUT2D eigenvalue weighted by Crippen LogP contribution is 2.32. The van der Waals surface area contributed by atoms with Crippen molar-refractivity contribution in [2.45, 2.75) is 46.1 Å². The zero-order chi connectivity index (χ0) is 11.6. The lowest BCUT2D eigenvalue weighted by Gasteiger charge is -2.37. The number of carboxylic acid groups (broad SMARTS) is 1. The Balaban J connectivity index is 4.59. The molecule has 4 heteroatoms. The van der Waals surface area contributed by atoms with E-state index in [0.29, 0.717) is 12.8 Å². The van der Waals surface area contributed by atoms with Crippen molar-refractivity contribution >= 4 is 11.8 Å². The Morgan fingerprint density at radius 2 is 1.71 bits per heavy atom. The Morgan fingerprint density at radius 1 is 1.29 bits per heavy atom. The molecule has 0 heterocycles. The minimum absolute atomic E-state index is 0.0304. The summed E-state index contributed by atoms with van der Waals surface area (Å²) in [5.74, 6) is -0.908. The van der Waals surface area contributed by atoms with Crippen LogP contribution in [0.25, 0.3) is 0 Å². The van der Waals surface area contributed by atoms with Gasteiger partial charge in [0.05, 0.1) is 5.41 Å². The van der Waals surface area contributed by atoms with Crippen LogP contribution in [0, 0.1) is 5.41 Å². The zero-order valence-electron chi connectivity index (χ0n) is 9.26. The molecule has 0 saturated heterocycles. The van der Waals surface area contributed by atoms with Gasteiger partial charge < -0.3 is 15.6 Å². The molecule has 82 valence electrons. The van der Waals surface area contributed by atoms with Gasteiger partial charge in [-0.3, -0.25) is 4.79 Å². The van der Waals surface area contributed by atoms with Gasteiger partial charge in [-0.2, -0.15) is 0 Å². The molecule has 0 aromatic carbocycles. The Hall–Kier alpha value is -0.900. The van der Waals surface area contributed by atoms with E-state index in [0.717, 1.165) is 0 Å². The summed E-state index contributed by atoms with van der Waals surface area (Å²) >= 11 is 0. The van der Waals surface area contributed by atoms with E-state index < -0.39 is 16.9 Å². The number of rotatable bonds is 5. The first kappa shape index (κ1) is 13.1.